The molecule has 1 aromatic heterocycles. The minimum absolute atomic E-state index is 0.0311. The Labute approximate surface area is 133 Å². The zero-order valence-corrected chi connectivity index (χ0v) is 12.6. The molecule has 1 aromatic carbocycles. The largest absolute Gasteiger partial charge is 0.482 e. The van der Waals surface area contributed by atoms with Crippen LogP contribution in [0.1, 0.15) is 17.7 Å². The Bertz CT molecular complexity index is 695. The standard InChI is InChI=1S/C17H18N2O4/c20-15-7-6-12-3-1-5-14(17(12)19-15)23-11-16(21)18-9-8-13-4-2-10-22-13/h1-5,10H,6-9,11H2,(H,18,21)(H,19,20). The van der Waals surface area contributed by atoms with Crippen LogP contribution in [0.3, 0.4) is 0 Å². The molecule has 3 rings (SSSR count). The van der Waals surface area contributed by atoms with Crippen LogP contribution in [-0.2, 0) is 22.4 Å². The van der Waals surface area contributed by atoms with Crippen molar-refractivity contribution in [2.45, 2.75) is 19.3 Å². The highest BCUT2D eigenvalue weighted by atomic mass is 16.5. The van der Waals surface area contributed by atoms with Crippen LogP contribution in [-0.4, -0.2) is 25.0 Å². The summed E-state index contributed by atoms with van der Waals surface area (Å²) in [6, 6.07) is 9.24. The smallest absolute Gasteiger partial charge is 0.257 e. The molecule has 2 N–H and O–H groups in total. The Morgan fingerprint density at radius 2 is 2.17 bits per heavy atom. The summed E-state index contributed by atoms with van der Waals surface area (Å²) in [5, 5.41) is 5.57. The van der Waals surface area contributed by atoms with Gasteiger partial charge < -0.3 is 19.8 Å². The molecule has 2 aromatic rings. The molecule has 0 saturated carbocycles. The summed E-state index contributed by atoms with van der Waals surface area (Å²) in [7, 11) is 0. The van der Waals surface area contributed by atoms with E-state index in [2.05, 4.69) is 10.6 Å². The second-order valence-corrected chi connectivity index (χ2v) is 5.31. The van der Waals surface area contributed by atoms with E-state index in [1.807, 2.05) is 24.3 Å². The first-order valence-corrected chi connectivity index (χ1v) is 7.56. The lowest BCUT2D eigenvalue weighted by atomic mass is 10.0. The van der Waals surface area contributed by atoms with Crippen LogP contribution in [0.15, 0.2) is 41.0 Å². The highest BCUT2D eigenvalue weighted by molar-refractivity contribution is 5.95. The van der Waals surface area contributed by atoms with Gasteiger partial charge in [-0.25, -0.2) is 0 Å². The van der Waals surface area contributed by atoms with E-state index >= 15 is 0 Å². The first-order chi connectivity index (χ1) is 11.2. The van der Waals surface area contributed by atoms with Gasteiger partial charge in [0.1, 0.15) is 11.5 Å². The topological polar surface area (TPSA) is 80.6 Å². The molecule has 0 atom stereocenters. The van der Waals surface area contributed by atoms with Crippen molar-refractivity contribution >= 4 is 17.5 Å². The molecule has 1 aliphatic heterocycles. The van der Waals surface area contributed by atoms with Crippen LogP contribution < -0.4 is 15.4 Å². The van der Waals surface area contributed by atoms with Gasteiger partial charge in [-0.05, 0) is 30.2 Å². The maximum atomic E-state index is 11.8. The molecule has 0 unspecified atom stereocenters. The third-order valence-corrected chi connectivity index (χ3v) is 3.63. The van der Waals surface area contributed by atoms with Crippen molar-refractivity contribution in [2.75, 3.05) is 18.5 Å². The van der Waals surface area contributed by atoms with E-state index in [9.17, 15) is 9.59 Å². The van der Waals surface area contributed by atoms with E-state index in [-0.39, 0.29) is 18.4 Å². The number of aryl methyl sites for hydroxylation is 1. The molecule has 0 radical (unpaired) electrons. The lowest BCUT2D eigenvalue weighted by molar-refractivity contribution is -0.123. The van der Waals surface area contributed by atoms with Gasteiger partial charge in [0.25, 0.3) is 5.91 Å². The molecule has 1 aliphatic rings. The van der Waals surface area contributed by atoms with Crippen LogP contribution >= 0.6 is 0 Å². The molecule has 0 saturated heterocycles. The number of amides is 2. The maximum Gasteiger partial charge on any atom is 0.257 e. The van der Waals surface area contributed by atoms with Gasteiger partial charge in [-0.15, -0.1) is 0 Å². The van der Waals surface area contributed by atoms with Crippen molar-refractivity contribution in [1.29, 1.82) is 0 Å². The number of para-hydroxylation sites is 1. The Balaban J connectivity index is 1.50. The molecule has 6 heteroatoms. The molecule has 120 valence electrons. The van der Waals surface area contributed by atoms with Crippen molar-refractivity contribution in [3.8, 4) is 5.75 Å². The summed E-state index contributed by atoms with van der Waals surface area (Å²) >= 11 is 0. The number of furan rings is 1. The molecule has 0 fully saturated rings. The van der Waals surface area contributed by atoms with Crippen molar-refractivity contribution in [3.63, 3.8) is 0 Å². The summed E-state index contributed by atoms with van der Waals surface area (Å²) in [5.74, 6) is 1.11. The first kappa shape index (κ1) is 15.1. The number of carbonyl (C=O) groups is 2. The third-order valence-electron chi connectivity index (χ3n) is 3.63. The number of rotatable bonds is 6. The molecule has 6 nitrogen and oxygen atoms in total. The molecule has 2 heterocycles. The first-order valence-electron chi connectivity index (χ1n) is 7.56. The van der Waals surface area contributed by atoms with Crippen LogP contribution in [0.25, 0.3) is 0 Å². The number of ether oxygens (including phenoxy) is 1. The fraction of sp³-hybridized carbons (Fsp3) is 0.294. The molecule has 2 amide bonds. The third kappa shape index (κ3) is 3.91. The van der Waals surface area contributed by atoms with Gasteiger partial charge in [0.15, 0.2) is 6.61 Å². The SMILES string of the molecule is O=C(COc1cccc2c1NC(=O)CC2)NCCc1ccco1. The number of nitrogens with one attached hydrogen (secondary N) is 2. The van der Waals surface area contributed by atoms with Gasteiger partial charge in [0.2, 0.25) is 5.91 Å². The average molecular weight is 314 g/mol. The number of fused-ring (bicyclic) bond motifs is 1. The highest BCUT2D eigenvalue weighted by Gasteiger charge is 2.18. The summed E-state index contributed by atoms with van der Waals surface area (Å²) in [6.07, 6.45) is 3.40. The number of hydrogen-bond donors (Lipinski definition) is 2. The fourth-order valence-electron chi connectivity index (χ4n) is 2.47. The lowest BCUT2D eigenvalue weighted by Gasteiger charge is -2.20. The van der Waals surface area contributed by atoms with E-state index in [0.29, 0.717) is 37.2 Å². The van der Waals surface area contributed by atoms with Crippen LogP contribution in [0, 0.1) is 0 Å². The van der Waals surface area contributed by atoms with Crippen LogP contribution in [0.2, 0.25) is 0 Å². The summed E-state index contributed by atoms with van der Waals surface area (Å²) < 4.78 is 10.7. The molecule has 0 bridgehead atoms. The average Bonchev–Trinajstić information content (AvgIpc) is 3.06. The van der Waals surface area contributed by atoms with E-state index in [4.69, 9.17) is 9.15 Å². The lowest BCUT2D eigenvalue weighted by Crippen LogP contribution is -2.30. The van der Waals surface area contributed by atoms with Gasteiger partial charge in [-0.3, -0.25) is 9.59 Å². The molecule has 23 heavy (non-hydrogen) atoms. The predicted octanol–water partition coefficient (Wildman–Crippen LogP) is 1.90. The zero-order chi connectivity index (χ0) is 16.1. The van der Waals surface area contributed by atoms with Crippen molar-refractivity contribution in [3.05, 3.63) is 47.9 Å². The molecule has 0 spiro atoms. The second kappa shape index (κ2) is 7.00. The molecule has 0 aliphatic carbocycles. The summed E-state index contributed by atoms with van der Waals surface area (Å²) in [5.41, 5.74) is 1.70. The fourth-order valence-corrected chi connectivity index (χ4v) is 2.47. The van der Waals surface area contributed by atoms with E-state index in [1.165, 1.54) is 0 Å². The molecular formula is C17H18N2O4. The van der Waals surface area contributed by atoms with Crippen LogP contribution in [0.5, 0.6) is 5.75 Å². The van der Waals surface area contributed by atoms with Crippen LogP contribution in [0.4, 0.5) is 5.69 Å². The van der Waals surface area contributed by atoms with Gasteiger partial charge in [-0.1, -0.05) is 12.1 Å². The van der Waals surface area contributed by atoms with E-state index in [1.54, 1.807) is 12.3 Å². The van der Waals surface area contributed by atoms with Crippen molar-refractivity contribution in [2.24, 2.45) is 0 Å². The Hall–Kier alpha value is -2.76. The maximum absolute atomic E-state index is 11.8. The van der Waals surface area contributed by atoms with E-state index in [0.717, 1.165) is 11.3 Å². The number of benzene rings is 1. The number of anilines is 1. The minimum Gasteiger partial charge on any atom is -0.482 e. The Morgan fingerprint density at radius 3 is 3.00 bits per heavy atom. The zero-order valence-electron chi connectivity index (χ0n) is 12.6. The predicted molar refractivity (Wildman–Crippen MR) is 84.3 cm³/mol. The summed E-state index contributed by atoms with van der Waals surface area (Å²) in [4.78, 5) is 23.3. The normalized spacial score (nSPS) is 13.1. The monoisotopic (exact) mass is 314 g/mol. The number of hydrogen-bond acceptors (Lipinski definition) is 4. The van der Waals surface area contributed by atoms with Gasteiger partial charge in [0.05, 0.1) is 12.0 Å². The van der Waals surface area contributed by atoms with Crippen molar-refractivity contribution < 1.29 is 18.7 Å². The quantitative estimate of drug-likeness (QED) is 0.853. The molecular weight excluding hydrogens is 296 g/mol. The minimum atomic E-state index is -0.212. The van der Waals surface area contributed by atoms with Crippen molar-refractivity contribution in [1.82, 2.24) is 5.32 Å². The van der Waals surface area contributed by atoms with Gasteiger partial charge >= 0.3 is 0 Å². The Kier molecular flexibility index (Phi) is 4.61. The van der Waals surface area contributed by atoms with Gasteiger partial charge in [0, 0.05) is 19.4 Å². The number of carbonyl (C=O) groups excluding carboxylic acids is 2. The second-order valence-electron chi connectivity index (χ2n) is 5.31. The van der Waals surface area contributed by atoms with Gasteiger partial charge in [-0.2, -0.15) is 0 Å². The van der Waals surface area contributed by atoms with E-state index < -0.39 is 0 Å². The summed E-state index contributed by atoms with van der Waals surface area (Å²) in [6.45, 7) is 0.393. The highest BCUT2D eigenvalue weighted by Crippen LogP contribution is 2.32. The Morgan fingerprint density at radius 1 is 1.26 bits per heavy atom.